The van der Waals surface area contributed by atoms with Gasteiger partial charge in [0, 0.05) is 5.75 Å². The Labute approximate surface area is 130 Å². The minimum absolute atomic E-state index is 0.0114. The molecule has 5 nitrogen and oxygen atoms in total. The molecule has 0 radical (unpaired) electrons. The summed E-state index contributed by atoms with van der Waals surface area (Å²) in [5, 5.41) is 3.09. The Kier molecular flexibility index (Phi) is 5.32. The predicted octanol–water partition coefficient (Wildman–Crippen LogP) is 1.39. The molecule has 118 valence electrons. The number of ether oxygens (including phenoxy) is 1. The number of amides is 1. The van der Waals surface area contributed by atoms with E-state index in [-0.39, 0.29) is 35.8 Å². The first-order valence-corrected chi connectivity index (χ1v) is 8.47. The van der Waals surface area contributed by atoms with E-state index < -0.39 is 6.04 Å². The van der Waals surface area contributed by atoms with E-state index in [0.717, 1.165) is 17.7 Å². The van der Waals surface area contributed by atoms with Crippen LogP contribution in [0.25, 0.3) is 0 Å². The average molecular weight is 312 g/mol. The molecule has 2 aliphatic heterocycles. The normalized spacial score (nSPS) is 31.2. The third kappa shape index (κ3) is 3.11. The molecule has 6 heteroatoms. The number of likely N-dealkylation sites (N-methyl/N-ethyl adjacent to an activating group) is 1. The number of fused-ring (bicyclic) bond motifs is 1. The summed E-state index contributed by atoms with van der Waals surface area (Å²) in [6.45, 7) is 6.27. The molecule has 0 aromatic heterocycles. The first-order valence-electron chi connectivity index (χ1n) is 7.42. The maximum absolute atomic E-state index is 12.4. The van der Waals surface area contributed by atoms with Gasteiger partial charge in [-0.3, -0.25) is 4.79 Å². The molecule has 0 aliphatic carbocycles. The van der Waals surface area contributed by atoms with Crippen molar-refractivity contribution in [2.24, 2.45) is 5.92 Å². The summed E-state index contributed by atoms with van der Waals surface area (Å²) >= 11 is 1.75. The van der Waals surface area contributed by atoms with E-state index in [4.69, 9.17) is 4.74 Å². The van der Waals surface area contributed by atoms with Crippen molar-refractivity contribution in [2.45, 2.75) is 44.6 Å². The number of thioether (sulfide) groups is 1. The molecule has 2 aliphatic rings. The van der Waals surface area contributed by atoms with Gasteiger partial charge in [-0.15, -0.1) is 11.8 Å². The number of esters is 1. The van der Waals surface area contributed by atoms with Crippen LogP contribution >= 0.6 is 11.8 Å². The Morgan fingerprint density at radius 2 is 2.24 bits per heavy atom. The van der Waals surface area contributed by atoms with E-state index in [1.807, 2.05) is 19.9 Å². The zero-order valence-electron chi connectivity index (χ0n) is 13.1. The van der Waals surface area contributed by atoms with Crippen molar-refractivity contribution in [1.82, 2.24) is 10.2 Å². The topological polar surface area (TPSA) is 58.6 Å². The molecule has 0 saturated carbocycles. The molecule has 1 amide bonds. The molecule has 4 atom stereocenters. The second-order valence-corrected chi connectivity index (χ2v) is 6.91. The molecule has 0 aromatic rings. The minimum atomic E-state index is -0.427. The van der Waals surface area contributed by atoms with Crippen molar-refractivity contribution in [3.8, 4) is 0 Å². The Hall–Kier alpha value is -1.01. The Balaban J connectivity index is 2.07. The molecule has 1 N–H and O–H groups in total. The van der Waals surface area contributed by atoms with Crippen molar-refractivity contribution in [3.05, 3.63) is 11.6 Å². The van der Waals surface area contributed by atoms with Crippen LogP contribution in [-0.4, -0.2) is 53.6 Å². The fourth-order valence-electron chi connectivity index (χ4n) is 2.79. The van der Waals surface area contributed by atoms with Gasteiger partial charge in [0.15, 0.2) is 0 Å². The fraction of sp³-hybridized carbons (Fsp3) is 0.733. The quantitative estimate of drug-likeness (QED) is 0.472. The van der Waals surface area contributed by atoms with Crippen LogP contribution in [0.5, 0.6) is 0 Å². The number of nitrogens with one attached hydrogen (secondary N) is 1. The second-order valence-electron chi connectivity index (χ2n) is 5.76. The van der Waals surface area contributed by atoms with Gasteiger partial charge in [0.05, 0.1) is 0 Å². The van der Waals surface area contributed by atoms with Crippen molar-refractivity contribution >= 4 is 23.6 Å². The van der Waals surface area contributed by atoms with E-state index in [2.05, 4.69) is 12.2 Å². The summed E-state index contributed by atoms with van der Waals surface area (Å²) < 4.78 is 5.36. The Morgan fingerprint density at radius 3 is 2.81 bits per heavy atom. The molecule has 2 heterocycles. The average Bonchev–Trinajstić information content (AvgIpc) is 2.45. The van der Waals surface area contributed by atoms with Crippen LogP contribution in [0.1, 0.15) is 27.2 Å². The molecule has 21 heavy (non-hydrogen) atoms. The molecule has 2 rings (SSSR count). The van der Waals surface area contributed by atoms with Crippen molar-refractivity contribution in [3.63, 3.8) is 0 Å². The lowest BCUT2D eigenvalue weighted by Crippen LogP contribution is -2.74. The lowest BCUT2D eigenvalue weighted by Gasteiger charge is -2.54. The van der Waals surface area contributed by atoms with Gasteiger partial charge in [-0.1, -0.05) is 12.5 Å². The summed E-state index contributed by atoms with van der Waals surface area (Å²) in [5.41, 5.74) is 1.11. The van der Waals surface area contributed by atoms with Crippen molar-refractivity contribution in [1.29, 1.82) is 0 Å². The number of hydrogen-bond acceptors (Lipinski definition) is 5. The summed E-state index contributed by atoms with van der Waals surface area (Å²) in [7, 11) is 1.79. The summed E-state index contributed by atoms with van der Waals surface area (Å²) in [6, 6.07) is -0.593. The molecule has 2 saturated heterocycles. The molecular formula is C15H24N2O3S. The summed E-state index contributed by atoms with van der Waals surface area (Å²) in [4.78, 5) is 26.3. The monoisotopic (exact) mass is 312 g/mol. The summed E-state index contributed by atoms with van der Waals surface area (Å²) in [5.74, 6) is 0.808. The number of rotatable bonds is 5. The van der Waals surface area contributed by atoms with E-state index in [0.29, 0.717) is 0 Å². The number of nitrogens with zero attached hydrogens (tertiary/aromatic N) is 1. The zero-order chi connectivity index (χ0) is 15.6. The smallest absolute Gasteiger partial charge is 0.329 e. The lowest BCUT2D eigenvalue weighted by molar-refractivity contribution is -0.167. The maximum Gasteiger partial charge on any atom is 0.329 e. The van der Waals surface area contributed by atoms with Gasteiger partial charge in [-0.2, -0.15) is 0 Å². The molecule has 0 spiro atoms. The maximum atomic E-state index is 12.4. The Morgan fingerprint density at radius 1 is 1.52 bits per heavy atom. The highest BCUT2D eigenvalue weighted by Gasteiger charge is 2.56. The van der Waals surface area contributed by atoms with Crippen LogP contribution in [0.2, 0.25) is 0 Å². The molecule has 2 fully saturated rings. The minimum Gasteiger partial charge on any atom is -0.460 e. The van der Waals surface area contributed by atoms with E-state index >= 15 is 0 Å². The second kappa shape index (κ2) is 6.83. The van der Waals surface area contributed by atoms with Gasteiger partial charge in [-0.05, 0) is 39.3 Å². The van der Waals surface area contributed by atoms with Gasteiger partial charge >= 0.3 is 5.97 Å². The van der Waals surface area contributed by atoms with E-state index in [1.54, 1.807) is 23.7 Å². The highest BCUT2D eigenvalue weighted by Crippen LogP contribution is 2.41. The van der Waals surface area contributed by atoms with Crippen LogP contribution in [0.3, 0.4) is 0 Å². The van der Waals surface area contributed by atoms with Crippen molar-refractivity contribution < 1.29 is 14.3 Å². The fourth-order valence-corrected chi connectivity index (χ4v) is 4.49. The molecule has 0 bridgehead atoms. The number of allylic oxidation sites excluding steroid dienone is 1. The van der Waals surface area contributed by atoms with Crippen LogP contribution in [0, 0.1) is 5.92 Å². The number of carbonyl (C=O) groups excluding carboxylic acids is 2. The molecule has 3 unspecified atom stereocenters. The van der Waals surface area contributed by atoms with Gasteiger partial charge in [0.1, 0.15) is 24.1 Å². The van der Waals surface area contributed by atoms with Crippen LogP contribution in [0.15, 0.2) is 11.6 Å². The van der Waals surface area contributed by atoms with E-state index in [9.17, 15) is 9.59 Å². The molecular weight excluding hydrogens is 288 g/mol. The highest BCUT2D eigenvalue weighted by molar-refractivity contribution is 8.00. The molecule has 0 aromatic carbocycles. The van der Waals surface area contributed by atoms with Gasteiger partial charge in [-0.25, -0.2) is 4.79 Å². The van der Waals surface area contributed by atoms with Crippen LogP contribution < -0.4 is 5.32 Å². The first-order chi connectivity index (χ1) is 10.0. The largest absolute Gasteiger partial charge is 0.460 e. The number of β-lactam (4-membered cyclic amide) rings is 1. The number of carbonyl (C=O) groups is 2. The van der Waals surface area contributed by atoms with Crippen LogP contribution in [0.4, 0.5) is 0 Å². The standard InChI is InChI=1S/C15H24N2O3S/c1-5-10-8-21-14-11(16-4)13(18)17(14)12(10)15(19)20-7-6-9(2)3/h6,10-12,14,16H,5,7-8H2,1-4H3/t10-,11?,12?,14?/m0/s1. The predicted molar refractivity (Wildman–Crippen MR) is 83.9 cm³/mol. The first kappa shape index (κ1) is 16.4. The highest BCUT2D eigenvalue weighted by atomic mass is 32.2. The SMILES string of the molecule is CC[C@H]1CSC2C(NC)C(=O)N2C1C(=O)OCC=C(C)C. The van der Waals surface area contributed by atoms with Gasteiger partial charge < -0.3 is 15.0 Å². The number of hydrogen-bond donors (Lipinski definition) is 1. The van der Waals surface area contributed by atoms with Gasteiger partial charge in [0.25, 0.3) is 0 Å². The third-order valence-corrected chi connectivity index (χ3v) is 5.56. The lowest BCUT2D eigenvalue weighted by atomic mass is 9.92. The van der Waals surface area contributed by atoms with Crippen LogP contribution in [-0.2, 0) is 14.3 Å². The Bertz CT molecular complexity index is 448. The van der Waals surface area contributed by atoms with Gasteiger partial charge in [0.2, 0.25) is 5.91 Å². The van der Waals surface area contributed by atoms with E-state index in [1.165, 1.54) is 0 Å². The third-order valence-electron chi connectivity index (χ3n) is 4.10. The summed E-state index contributed by atoms with van der Waals surface area (Å²) in [6.07, 6.45) is 2.75. The van der Waals surface area contributed by atoms with Crippen molar-refractivity contribution in [2.75, 3.05) is 19.4 Å². The zero-order valence-corrected chi connectivity index (χ0v) is 13.9.